The van der Waals surface area contributed by atoms with Crippen molar-refractivity contribution in [1.29, 1.82) is 0 Å². The molecule has 2 aromatic carbocycles. The monoisotopic (exact) mass is 406 g/mol. The largest absolute Gasteiger partial charge is 0.493 e. The zero-order valence-corrected chi connectivity index (χ0v) is 16.5. The highest BCUT2D eigenvalue weighted by Gasteiger charge is 2.29. The first-order valence-corrected chi connectivity index (χ1v) is 9.85. The van der Waals surface area contributed by atoms with E-state index in [0.717, 1.165) is 6.26 Å². The van der Waals surface area contributed by atoms with Gasteiger partial charge in [-0.1, -0.05) is 0 Å². The molecule has 0 aromatic heterocycles. The minimum Gasteiger partial charge on any atom is -0.493 e. The molecule has 1 heterocycles. The van der Waals surface area contributed by atoms with Crippen molar-refractivity contribution in [3.63, 3.8) is 0 Å². The van der Waals surface area contributed by atoms with Gasteiger partial charge < -0.3 is 23.1 Å². The third-order valence-electron chi connectivity index (χ3n) is 3.91. The Balaban J connectivity index is 1.99. The van der Waals surface area contributed by atoms with Crippen LogP contribution in [0, 0.1) is 0 Å². The van der Waals surface area contributed by atoms with Crippen LogP contribution >= 0.6 is 0 Å². The van der Waals surface area contributed by atoms with Gasteiger partial charge in [0.05, 0.1) is 33.1 Å². The van der Waals surface area contributed by atoms with E-state index in [4.69, 9.17) is 23.1 Å². The van der Waals surface area contributed by atoms with Crippen LogP contribution < -0.4 is 23.1 Å². The highest BCUT2D eigenvalue weighted by atomic mass is 32.2. The molecular weight excluding hydrogens is 388 g/mol. The number of allylic oxidation sites excluding steroid dienone is 1. The molecule has 0 atom stereocenters. The van der Waals surface area contributed by atoms with Crippen LogP contribution in [-0.4, -0.2) is 41.8 Å². The number of rotatable bonds is 6. The Morgan fingerprint density at radius 3 is 2.29 bits per heavy atom. The third-order valence-corrected chi connectivity index (χ3v) is 4.41. The molecule has 9 heteroatoms. The first-order valence-electron chi connectivity index (χ1n) is 8.04. The van der Waals surface area contributed by atoms with Crippen molar-refractivity contribution >= 4 is 22.0 Å². The number of hydrogen-bond donors (Lipinski definition) is 0. The molecule has 0 amide bonds. The maximum atomic E-state index is 12.6. The van der Waals surface area contributed by atoms with Crippen LogP contribution in [0.15, 0.2) is 36.1 Å². The minimum absolute atomic E-state index is 0.0528. The molecule has 28 heavy (non-hydrogen) atoms. The Morgan fingerprint density at radius 2 is 1.68 bits per heavy atom. The van der Waals surface area contributed by atoms with Gasteiger partial charge in [-0.15, -0.1) is 0 Å². The molecule has 0 radical (unpaired) electrons. The Bertz CT molecular complexity index is 1070. The summed E-state index contributed by atoms with van der Waals surface area (Å²) in [5.41, 5.74) is 0.843. The van der Waals surface area contributed by atoms with Gasteiger partial charge in [-0.3, -0.25) is 4.79 Å². The Labute approximate surface area is 162 Å². The molecule has 8 nitrogen and oxygen atoms in total. The molecular formula is C19H18O8S. The zero-order chi connectivity index (χ0) is 20.5. The quantitative estimate of drug-likeness (QED) is 0.534. The van der Waals surface area contributed by atoms with E-state index in [2.05, 4.69) is 0 Å². The zero-order valence-electron chi connectivity index (χ0n) is 15.6. The number of methoxy groups -OCH3 is 3. The molecule has 0 fully saturated rings. The molecule has 0 aliphatic carbocycles. The fourth-order valence-electron chi connectivity index (χ4n) is 2.77. The van der Waals surface area contributed by atoms with Crippen LogP contribution in [0.5, 0.6) is 28.7 Å². The van der Waals surface area contributed by atoms with Crippen LogP contribution in [0.25, 0.3) is 6.08 Å². The second-order valence-electron chi connectivity index (χ2n) is 5.81. The number of hydrogen-bond acceptors (Lipinski definition) is 8. The number of Topliss-reactive ketones (excluding diaryl/α,β-unsaturated/α-hetero) is 1. The Hall–Kier alpha value is -3.20. The van der Waals surface area contributed by atoms with Gasteiger partial charge in [0.1, 0.15) is 11.5 Å². The minimum atomic E-state index is -3.69. The Kier molecular flexibility index (Phi) is 5.19. The van der Waals surface area contributed by atoms with Gasteiger partial charge in [-0.2, -0.15) is 8.42 Å². The number of carbonyl (C=O) groups excluding carboxylic acids is 1. The summed E-state index contributed by atoms with van der Waals surface area (Å²) in [6, 6.07) is 7.57. The number of benzene rings is 2. The lowest BCUT2D eigenvalue weighted by atomic mass is 10.1. The van der Waals surface area contributed by atoms with Gasteiger partial charge in [0.15, 0.2) is 17.3 Å². The molecule has 1 aliphatic rings. The summed E-state index contributed by atoms with van der Waals surface area (Å²) < 4.78 is 49.0. The molecule has 0 saturated carbocycles. The van der Waals surface area contributed by atoms with Crippen LogP contribution in [0.3, 0.4) is 0 Å². The number of fused-ring (bicyclic) bond motifs is 1. The number of ether oxygens (including phenoxy) is 4. The maximum Gasteiger partial charge on any atom is 0.306 e. The van der Waals surface area contributed by atoms with Crippen LogP contribution in [-0.2, 0) is 10.1 Å². The highest BCUT2D eigenvalue weighted by Crippen LogP contribution is 2.42. The maximum absolute atomic E-state index is 12.6. The second kappa shape index (κ2) is 7.43. The van der Waals surface area contributed by atoms with E-state index in [1.54, 1.807) is 12.1 Å². The average molecular weight is 406 g/mol. The molecule has 0 spiro atoms. The lowest BCUT2D eigenvalue weighted by Gasteiger charge is -2.14. The molecule has 0 saturated heterocycles. The Morgan fingerprint density at radius 1 is 0.964 bits per heavy atom. The lowest BCUT2D eigenvalue weighted by Crippen LogP contribution is -2.05. The number of ketones is 1. The summed E-state index contributed by atoms with van der Waals surface area (Å²) in [6.45, 7) is 0. The van der Waals surface area contributed by atoms with Gasteiger partial charge in [0, 0.05) is 11.6 Å². The SMILES string of the molecule is COc1ccc(/C=C2\Oc3cc(OS(C)(=O)=O)ccc3C2=O)c(OC)c1OC. The first-order chi connectivity index (χ1) is 13.3. The normalized spacial score (nSPS) is 14.4. The second-order valence-corrected chi connectivity index (χ2v) is 7.38. The standard InChI is InChI=1S/C19H18O8S/c1-23-14-8-5-11(18(24-2)19(14)25-3)9-16-17(20)13-7-6-12(10-15(13)26-16)27-28(4,21)22/h5-10H,1-4H3/b16-9-. The lowest BCUT2D eigenvalue weighted by molar-refractivity contribution is 0.101. The van der Waals surface area contributed by atoms with Crippen molar-refractivity contribution in [1.82, 2.24) is 0 Å². The van der Waals surface area contributed by atoms with Crippen LogP contribution in [0.4, 0.5) is 0 Å². The van der Waals surface area contributed by atoms with Gasteiger partial charge in [0.2, 0.25) is 11.5 Å². The average Bonchev–Trinajstić information content (AvgIpc) is 2.94. The van der Waals surface area contributed by atoms with Crippen LogP contribution in [0.2, 0.25) is 0 Å². The van der Waals surface area contributed by atoms with Crippen molar-refractivity contribution in [3.05, 3.63) is 47.2 Å². The fourth-order valence-corrected chi connectivity index (χ4v) is 3.23. The predicted octanol–water partition coefficient (Wildman–Crippen LogP) is 2.67. The van der Waals surface area contributed by atoms with Crippen molar-refractivity contribution < 1.29 is 36.3 Å². The van der Waals surface area contributed by atoms with Crippen molar-refractivity contribution in [2.24, 2.45) is 0 Å². The van der Waals surface area contributed by atoms with Gasteiger partial charge in [-0.25, -0.2) is 0 Å². The highest BCUT2D eigenvalue weighted by molar-refractivity contribution is 7.86. The van der Waals surface area contributed by atoms with E-state index >= 15 is 0 Å². The van der Waals surface area contributed by atoms with Gasteiger partial charge in [-0.05, 0) is 30.3 Å². The van der Waals surface area contributed by atoms with Crippen molar-refractivity contribution in [3.8, 4) is 28.7 Å². The van der Waals surface area contributed by atoms with E-state index in [9.17, 15) is 13.2 Å². The molecule has 1 aliphatic heterocycles. The summed E-state index contributed by atoms with van der Waals surface area (Å²) in [7, 11) is 0.767. The summed E-state index contributed by atoms with van der Waals surface area (Å²) in [6.07, 6.45) is 2.45. The molecule has 2 aromatic rings. The van der Waals surface area contributed by atoms with Crippen LogP contribution in [0.1, 0.15) is 15.9 Å². The van der Waals surface area contributed by atoms with E-state index < -0.39 is 10.1 Å². The van der Waals surface area contributed by atoms with E-state index in [1.807, 2.05) is 0 Å². The van der Waals surface area contributed by atoms with E-state index in [1.165, 1.54) is 45.6 Å². The van der Waals surface area contributed by atoms with Gasteiger partial charge >= 0.3 is 10.1 Å². The molecule has 3 rings (SSSR count). The molecule has 0 unspecified atom stereocenters. The predicted molar refractivity (Wildman–Crippen MR) is 101 cm³/mol. The molecule has 148 valence electrons. The topological polar surface area (TPSA) is 97.4 Å². The molecule has 0 bridgehead atoms. The van der Waals surface area contributed by atoms with Crippen molar-refractivity contribution in [2.75, 3.05) is 27.6 Å². The first kappa shape index (κ1) is 19.6. The summed E-state index contributed by atoms with van der Waals surface area (Å²) in [5, 5.41) is 0. The molecule has 0 N–H and O–H groups in total. The summed E-state index contributed by atoms with van der Waals surface area (Å²) in [5.74, 6) is 1.20. The van der Waals surface area contributed by atoms with Gasteiger partial charge in [0.25, 0.3) is 0 Å². The summed E-state index contributed by atoms with van der Waals surface area (Å²) in [4.78, 5) is 12.6. The number of carbonyl (C=O) groups is 1. The summed E-state index contributed by atoms with van der Waals surface area (Å²) >= 11 is 0. The van der Waals surface area contributed by atoms with E-state index in [0.29, 0.717) is 28.4 Å². The van der Waals surface area contributed by atoms with Crippen molar-refractivity contribution in [2.45, 2.75) is 0 Å². The fraction of sp³-hybridized carbons (Fsp3) is 0.211. The smallest absolute Gasteiger partial charge is 0.306 e. The van der Waals surface area contributed by atoms with E-state index in [-0.39, 0.29) is 23.0 Å². The third kappa shape index (κ3) is 3.74.